The van der Waals surface area contributed by atoms with Gasteiger partial charge in [0.2, 0.25) is 5.91 Å². The van der Waals surface area contributed by atoms with E-state index in [4.69, 9.17) is 4.99 Å². The maximum atomic E-state index is 13.4. The number of aliphatic imine (C=N–C) groups is 1. The van der Waals surface area contributed by atoms with Crippen molar-refractivity contribution >= 4 is 46.0 Å². The van der Waals surface area contributed by atoms with Crippen molar-refractivity contribution in [1.82, 2.24) is 9.80 Å². The molecule has 0 N–H and O–H groups in total. The van der Waals surface area contributed by atoms with Crippen molar-refractivity contribution in [3.63, 3.8) is 0 Å². The fourth-order valence-electron chi connectivity index (χ4n) is 4.87. The molecule has 29 heavy (non-hydrogen) atoms. The van der Waals surface area contributed by atoms with E-state index in [1.165, 1.54) is 11.9 Å². The molecule has 1 fully saturated rings. The fourth-order valence-corrected chi connectivity index (χ4v) is 5.44. The Morgan fingerprint density at radius 2 is 1.66 bits per heavy atom. The summed E-state index contributed by atoms with van der Waals surface area (Å²) in [4.78, 5) is 46.7. The van der Waals surface area contributed by atoms with Crippen LogP contribution in [0.5, 0.6) is 0 Å². The maximum absolute atomic E-state index is 13.4. The van der Waals surface area contributed by atoms with E-state index in [0.717, 1.165) is 19.6 Å². The number of carbonyl (C=O) groups is 3. The quantitative estimate of drug-likeness (QED) is 0.567. The van der Waals surface area contributed by atoms with Crippen LogP contribution >= 0.6 is 22.6 Å². The van der Waals surface area contributed by atoms with Gasteiger partial charge in [-0.2, -0.15) is 0 Å². The number of hydrogen-bond donors (Lipinski definition) is 0. The van der Waals surface area contributed by atoms with Crippen LogP contribution in [0.25, 0.3) is 0 Å². The van der Waals surface area contributed by atoms with Gasteiger partial charge < -0.3 is 4.90 Å². The van der Waals surface area contributed by atoms with Gasteiger partial charge in [-0.25, -0.2) is 4.79 Å². The number of Topliss-reactive ketones (excluding diaryl/α,β-unsaturated/α-hetero) is 1. The number of hydrogen-bond acceptors (Lipinski definition) is 4. The van der Waals surface area contributed by atoms with E-state index < -0.39 is 18.0 Å². The van der Waals surface area contributed by atoms with E-state index in [9.17, 15) is 14.4 Å². The summed E-state index contributed by atoms with van der Waals surface area (Å²) in [5.74, 6) is -1.79. The Kier molecular flexibility index (Phi) is 4.13. The van der Waals surface area contributed by atoms with Crippen LogP contribution in [0.15, 0.2) is 53.5 Å². The van der Waals surface area contributed by atoms with E-state index in [2.05, 4.69) is 22.6 Å². The molecular formula is C22H18IN3O3. The molecule has 146 valence electrons. The van der Waals surface area contributed by atoms with Crippen molar-refractivity contribution in [2.75, 3.05) is 14.1 Å². The van der Waals surface area contributed by atoms with E-state index in [0.29, 0.717) is 11.3 Å². The summed E-state index contributed by atoms with van der Waals surface area (Å²) in [5, 5.41) is 0. The van der Waals surface area contributed by atoms with Crippen molar-refractivity contribution in [1.29, 1.82) is 0 Å². The first-order chi connectivity index (χ1) is 13.9. The number of rotatable bonds is 1. The first-order valence-electron chi connectivity index (χ1n) is 9.41. The minimum absolute atomic E-state index is 0.00309. The highest BCUT2D eigenvalue weighted by atomic mass is 127. The molecule has 2 heterocycles. The van der Waals surface area contributed by atoms with Crippen molar-refractivity contribution in [3.8, 4) is 0 Å². The first kappa shape index (κ1) is 18.5. The standard InChI is InChI=1S/C22H18IN3O3/c1-25-20-17(21(28)26(2)22(25)29)15(11-6-5-7-12(23)10-11)16-18(24-20)13-8-3-4-9-14(13)19(16)27/h3-10,15-17,20H,1-2H3. The predicted molar refractivity (Wildman–Crippen MR) is 116 cm³/mol. The fraction of sp³-hybridized carbons (Fsp3) is 0.273. The minimum atomic E-state index is -0.626. The number of halogens is 1. The van der Waals surface area contributed by atoms with Crippen LogP contribution in [-0.4, -0.2) is 53.5 Å². The van der Waals surface area contributed by atoms with Gasteiger partial charge in [-0.3, -0.25) is 19.5 Å². The van der Waals surface area contributed by atoms with E-state index in [-0.39, 0.29) is 23.6 Å². The molecule has 5 rings (SSSR count). The average Bonchev–Trinajstić information content (AvgIpc) is 3.01. The van der Waals surface area contributed by atoms with Crippen LogP contribution < -0.4 is 0 Å². The topological polar surface area (TPSA) is 70.1 Å². The monoisotopic (exact) mass is 499 g/mol. The summed E-state index contributed by atoms with van der Waals surface area (Å²) in [6, 6.07) is 15.0. The van der Waals surface area contributed by atoms with Crippen molar-refractivity contribution in [3.05, 3.63) is 68.8 Å². The number of amides is 3. The molecule has 4 unspecified atom stereocenters. The van der Waals surface area contributed by atoms with Crippen LogP contribution in [0.3, 0.4) is 0 Å². The Morgan fingerprint density at radius 3 is 2.38 bits per heavy atom. The lowest BCUT2D eigenvalue weighted by Crippen LogP contribution is -2.62. The molecule has 0 saturated carbocycles. The van der Waals surface area contributed by atoms with Gasteiger partial charge in [0, 0.05) is 34.7 Å². The summed E-state index contributed by atoms with van der Waals surface area (Å²) >= 11 is 2.24. The van der Waals surface area contributed by atoms with Crippen molar-refractivity contribution in [2.45, 2.75) is 12.1 Å². The van der Waals surface area contributed by atoms with E-state index >= 15 is 0 Å². The van der Waals surface area contributed by atoms with Crippen LogP contribution in [0.1, 0.15) is 27.4 Å². The highest BCUT2D eigenvalue weighted by molar-refractivity contribution is 14.1. The summed E-state index contributed by atoms with van der Waals surface area (Å²) in [6.07, 6.45) is -0.626. The molecule has 0 radical (unpaired) electrons. The number of fused-ring (bicyclic) bond motifs is 4. The van der Waals surface area contributed by atoms with Crippen molar-refractivity contribution < 1.29 is 14.4 Å². The number of nitrogens with zero attached hydrogens (tertiary/aromatic N) is 3. The maximum Gasteiger partial charge on any atom is 0.327 e. The molecule has 1 saturated heterocycles. The SMILES string of the molecule is CN1C(=O)C2C(c3cccc(I)c3)C3C(=O)c4ccccc4C3=NC2N(C)C1=O. The largest absolute Gasteiger partial charge is 0.327 e. The van der Waals surface area contributed by atoms with Gasteiger partial charge in [-0.05, 0) is 40.3 Å². The highest BCUT2D eigenvalue weighted by Gasteiger charge is 2.57. The zero-order valence-electron chi connectivity index (χ0n) is 15.9. The van der Waals surface area contributed by atoms with Crippen LogP contribution in [0.4, 0.5) is 4.79 Å². The van der Waals surface area contributed by atoms with Gasteiger partial charge in [0.15, 0.2) is 5.78 Å². The molecule has 2 aromatic rings. The molecule has 4 atom stereocenters. The van der Waals surface area contributed by atoms with Gasteiger partial charge in [0.25, 0.3) is 0 Å². The van der Waals surface area contributed by atoms with Gasteiger partial charge in [0.1, 0.15) is 6.17 Å². The van der Waals surface area contributed by atoms with Gasteiger partial charge >= 0.3 is 6.03 Å². The summed E-state index contributed by atoms with van der Waals surface area (Å²) < 4.78 is 1.03. The Balaban J connectivity index is 1.77. The molecule has 7 heteroatoms. The zero-order chi connectivity index (χ0) is 20.4. The first-order valence-corrected chi connectivity index (χ1v) is 10.5. The second-order valence-corrected chi connectivity index (χ2v) is 8.96. The number of carbonyl (C=O) groups excluding carboxylic acids is 3. The lowest BCUT2D eigenvalue weighted by atomic mass is 9.70. The highest BCUT2D eigenvalue weighted by Crippen LogP contribution is 2.48. The molecule has 6 nitrogen and oxygen atoms in total. The van der Waals surface area contributed by atoms with Crippen LogP contribution in [-0.2, 0) is 4.79 Å². The molecule has 3 aliphatic rings. The van der Waals surface area contributed by atoms with Crippen LogP contribution in [0, 0.1) is 15.4 Å². The van der Waals surface area contributed by atoms with Gasteiger partial charge in [0.05, 0.1) is 17.5 Å². The Labute approximate surface area is 181 Å². The summed E-state index contributed by atoms with van der Waals surface area (Å²) in [6.45, 7) is 0. The third-order valence-corrected chi connectivity index (χ3v) is 6.89. The minimum Gasteiger partial charge on any atom is -0.304 e. The molecule has 2 aliphatic heterocycles. The third-order valence-electron chi connectivity index (χ3n) is 6.22. The lowest BCUT2D eigenvalue weighted by Gasteiger charge is -2.47. The smallest absolute Gasteiger partial charge is 0.304 e. The number of imide groups is 1. The number of urea groups is 1. The summed E-state index contributed by atoms with van der Waals surface area (Å²) in [5.41, 5.74) is 3.06. The molecular weight excluding hydrogens is 481 g/mol. The molecule has 1 aliphatic carbocycles. The molecule has 0 spiro atoms. The molecule has 0 aromatic heterocycles. The molecule has 3 amide bonds. The second kappa shape index (κ2) is 6.48. The van der Waals surface area contributed by atoms with E-state index in [1.807, 2.05) is 48.5 Å². The predicted octanol–water partition coefficient (Wildman–Crippen LogP) is 3.16. The lowest BCUT2D eigenvalue weighted by molar-refractivity contribution is -0.138. The second-order valence-electron chi connectivity index (χ2n) is 7.71. The third kappa shape index (κ3) is 2.52. The van der Waals surface area contributed by atoms with Crippen molar-refractivity contribution in [2.24, 2.45) is 16.8 Å². The Morgan fingerprint density at radius 1 is 0.931 bits per heavy atom. The zero-order valence-corrected chi connectivity index (χ0v) is 18.0. The van der Waals surface area contributed by atoms with Gasteiger partial charge in [-0.15, -0.1) is 0 Å². The number of ketones is 1. The number of benzene rings is 2. The summed E-state index contributed by atoms with van der Waals surface area (Å²) in [7, 11) is 3.16. The normalized spacial score (nSPS) is 28.1. The average molecular weight is 499 g/mol. The molecule has 0 bridgehead atoms. The Bertz CT molecular complexity index is 1110. The molecule has 2 aromatic carbocycles. The van der Waals surface area contributed by atoms with Crippen LogP contribution in [0.2, 0.25) is 0 Å². The van der Waals surface area contributed by atoms with E-state index in [1.54, 1.807) is 7.05 Å². The Hall–Kier alpha value is -2.55. The van der Waals surface area contributed by atoms with Gasteiger partial charge in [-0.1, -0.05) is 36.4 Å².